The summed E-state index contributed by atoms with van der Waals surface area (Å²) in [5, 5.41) is 9.09. The second kappa shape index (κ2) is 3.25. The van der Waals surface area contributed by atoms with Crippen LogP contribution >= 0.6 is 0 Å². The first-order valence-corrected chi connectivity index (χ1v) is 5.15. The lowest BCUT2D eigenvalue weighted by Gasteiger charge is -2.04. The van der Waals surface area contributed by atoms with E-state index in [1.54, 1.807) is 6.92 Å². The lowest BCUT2D eigenvalue weighted by molar-refractivity contribution is 0.0678. The molecule has 0 unspecified atom stereocenters. The summed E-state index contributed by atoms with van der Waals surface area (Å²) in [4.78, 5) is 22.7. The Morgan fingerprint density at radius 3 is 2.78 bits per heavy atom. The zero-order valence-corrected chi connectivity index (χ0v) is 9.40. The van der Waals surface area contributed by atoms with Gasteiger partial charge in [-0.05, 0) is 12.5 Å². The highest BCUT2D eigenvalue weighted by Gasteiger charge is 2.42. The Morgan fingerprint density at radius 2 is 2.17 bits per heavy atom. The molecule has 3 heterocycles. The highest BCUT2D eigenvalue weighted by Crippen LogP contribution is 2.51. The van der Waals surface area contributed by atoms with E-state index in [2.05, 4.69) is 6.58 Å². The van der Waals surface area contributed by atoms with Gasteiger partial charge in [0, 0.05) is 0 Å². The van der Waals surface area contributed by atoms with Gasteiger partial charge in [0.2, 0.25) is 11.5 Å². The van der Waals surface area contributed by atoms with Gasteiger partial charge in [-0.15, -0.1) is 0 Å². The third kappa shape index (κ3) is 1.17. The number of hydrogen-bond acceptors (Lipinski definition) is 5. The molecule has 0 aliphatic carbocycles. The van der Waals surface area contributed by atoms with Gasteiger partial charge in [0.15, 0.2) is 11.2 Å². The van der Waals surface area contributed by atoms with Crippen LogP contribution in [0.4, 0.5) is 0 Å². The summed E-state index contributed by atoms with van der Waals surface area (Å²) < 4.78 is 15.6. The summed E-state index contributed by atoms with van der Waals surface area (Å²) in [5.74, 6) is -1.65. The van der Waals surface area contributed by atoms with E-state index in [0.29, 0.717) is 0 Å². The van der Waals surface area contributed by atoms with Gasteiger partial charge in [-0.2, -0.15) is 0 Å². The monoisotopic (exact) mass is 248 g/mol. The van der Waals surface area contributed by atoms with Crippen LogP contribution in [-0.4, -0.2) is 23.7 Å². The number of furan rings is 2. The van der Waals surface area contributed by atoms with Crippen LogP contribution in [0.1, 0.15) is 27.6 Å². The molecule has 0 aromatic carbocycles. The van der Waals surface area contributed by atoms with Crippen LogP contribution in [-0.2, 0) is 0 Å². The van der Waals surface area contributed by atoms with Crippen LogP contribution in [0.5, 0.6) is 11.5 Å². The second-order valence-corrected chi connectivity index (χ2v) is 4.11. The molecule has 3 rings (SSSR count). The van der Waals surface area contributed by atoms with Crippen LogP contribution in [0.3, 0.4) is 0 Å². The molecule has 0 saturated heterocycles. The Hall–Kier alpha value is -2.50. The van der Waals surface area contributed by atoms with Crippen LogP contribution in [0, 0.1) is 0 Å². The highest BCUT2D eigenvalue weighted by molar-refractivity contribution is 6.20. The van der Waals surface area contributed by atoms with Crippen molar-refractivity contribution in [2.45, 2.75) is 6.92 Å². The quantitative estimate of drug-likeness (QED) is 0.658. The molecule has 2 aromatic heterocycles. The van der Waals surface area contributed by atoms with E-state index in [1.165, 1.54) is 0 Å². The van der Waals surface area contributed by atoms with E-state index < -0.39 is 11.9 Å². The van der Waals surface area contributed by atoms with E-state index >= 15 is 0 Å². The molecule has 1 N–H and O–H groups in total. The van der Waals surface area contributed by atoms with Gasteiger partial charge in [0.1, 0.15) is 17.7 Å². The van der Waals surface area contributed by atoms with E-state index in [4.69, 9.17) is 19.0 Å². The van der Waals surface area contributed by atoms with Crippen LogP contribution < -0.4 is 9.47 Å². The lowest BCUT2D eigenvalue weighted by Crippen LogP contribution is -2.06. The van der Waals surface area contributed by atoms with Crippen molar-refractivity contribution >= 4 is 23.1 Å². The summed E-state index contributed by atoms with van der Waals surface area (Å²) in [7, 11) is 0. The van der Waals surface area contributed by atoms with Crippen molar-refractivity contribution in [1.82, 2.24) is 0 Å². The third-order valence-electron chi connectivity index (χ3n) is 2.60. The number of aromatic carboxylic acids is 1. The molecular formula is C12H8O6. The maximum atomic E-state index is 11.5. The molecule has 0 atom stereocenters. The summed E-state index contributed by atoms with van der Waals surface area (Å²) >= 11 is 0. The van der Waals surface area contributed by atoms with Crippen molar-refractivity contribution in [3.05, 3.63) is 23.3 Å². The van der Waals surface area contributed by atoms with Crippen LogP contribution in [0.15, 0.2) is 16.6 Å². The molecule has 1 aliphatic heterocycles. The number of benzene rings is 1. The molecule has 0 radical (unpaired) electrons. The summed E-state index contributed by atoms with van der Waals surface area (Å²) in [6.07, 6.45) is 0. The van der Waals surface area contributed by atoms with Crippen LogP contribution in [0.2, 0.25) is 0 Å². The number of carboxylic acids is 1. The van der Waals surface area contributed by atoms with Gasteiger partial charge in [-0.25, -0.2) is 9.59 Å². The minimum atomic E-state index is -1.25. The maximum Gasteiger partial charge on any atom is 0.348 e. The number of esters is 1. The first-order chi connectivity index (χ1) is 8.50. The second-order valence-electron chi connectivity index (χ2n) is 4.11. The standard InChI is InChI=1S/C12H8O6/c1-4(2)3-16-9-7-5(11(13)14)6-8(17-7)10(9)18-12(6)15/h1,3H2,2H3,(H,13,14). The number of fused-ring (bicyclic) bond motifs is 1. The van der Waals surface area contributed by atoms with Gasteiger partial charge < -0.3 is 19.0 Å². The summed E-state index contributed by atoms with van der Waals surface area (Å²) in [5.41, 5.74) is 0.698. The molecule has 0 spiro atoms. The van der Waals surface area contributed by atoms with E-state index in [9.17, 15) is 9.59 Å². The lowest BCUT2D eigenvalue weighted by atomic mass is 10.1. The SMILES string of the molecule is C=C(C)COc1c2c3oc1c(C(=O)O)c3C(=O)O2. The molecule has 2 bridgehead atoms. The molecule has 0 amide bonds. The van der Waals surface area contributed by atoms with Crippen molar-refractivity contribution in [2.24, 2.45) is 0 Å². The minimum Gasteiger partial charge on any atom is -0.482 e. The average molecular weight is 248 g/mol. The number of rotatable bonds is 4. The van der Waals surface area contributed by atoms with Crippen molar-refractivity contribution in [1.29, 1.82) is 0 Å². The predicted molar refractivity (Wildman–Crippen MR) is 59.6 cm³/mol. The molecule has 1 aliphatic rings. The van der Waals surface area contributed by atoms with Gasteiger partial charge in [-0.1, -0.05) is 6.58 Å². The third-order valence-corrected chi connectivity index (χ3v) is 2.60. The van der Waals surface area contributed by atoms with Crippen molar-refractivity contribution < 1.29 is 28.6 Å². The number of carboxylic acid groups (broad SMARTS) is 1. The molecular weight excluding hydrogens is 240 g/mol. The van der Waals surface area contributed by atoms with Crippen molar-refractivity contribution in [2.75, 3.05) is 6.61 Å². The molecule has 18 heavy (non-hydrogen) atoms. The topological polar surface area (TPSA) is 86.0 Å². The molecule has 2 aromatic rings. The van der Waals surface area contributed by atoms with Gasteiger partial charge >= 0.3 is 11.9 Å². The van der Waals surface area contributed by atoms with Crippen LogP contribution in [0.25, 0.3) is 11.2 Å². The van der Waals surface area contributed by atoms with Gasteiger partial charge in [-0.3, -0.25) is 0 Å². The fraction of sp³-hybridized carbons (Fsp3) is 0.167. The Labute approximate surface area is 101 Å². The predicted octanol–water partition coefficient (Wildman–Crippen LogP) is 2.06. The molecule has 0 saturated carbocycles. The average Bonchev–Trinajstić information content (AvgIpc) is 2.86. The molecule has 0 fully saturated rings. The van der Waals surface area contributed by atoms with Crippen molar-refractivity contribution in [3.63, 3.8) is 0 Å². The first kappa shape index (κ1) is 10.6. The molecule has 6 heteroatoms. The van der Waals surface area contributed by atoms with Gasteiger partial charge in [0.05, 0.1) is 0 Å². The number of carbonyl (C=O) groups is 2. The molecule has 92 valence electrons. The number of ether oxygens (including phenoxy) is 2. The van der Waals surface area contributed by atoms with Gasteiger partial charge in [0.25, 0.3) is 0 Å². The molecule has 6 nitrogen and oxygen atoms in total. The zero-order chi connectivity index (χ0) is 13.0. The maximum absolute atomic E-state index is 11.5. The van der Waals surface area contributed by atoms with E-state index in [0.717, 1.165) is 5.57 Å². The fourth-order valence-corrected chi connectivity index (χ4v) is 1.92. The van der Waals surface area contributed by atoms with Crippen molar-refractivity contribution in [3.8, 4) is 11.5 Å². The van der Waals surface area contributed by atoms with E-state index in [-0.39, 0.29) is 40.4 Å². The number of hydrogen-bond donors (Lipinski definition) is 1. The number of carbonyl (C=O) groups excluding carboxylic acids is 1. The minimum absolute atomic E-state index is 0.0322. The smallest absolute Gasteiger partial charge is 0.348 e. The Morgan fingerprint density at radius 1 is 1.44 bits per heavy atom. The first-order valence-electron chi connectivity index (χ1n) is 5.15. The Balaban J connectivity index is 2.16. The summed E-state index contributed by atoms with van der Waals surface area (Å²) in [6, 6.07) is 0. The Kier molecular flexibility index (Phi) is 1.92. The highest BCUT2D eigenvalue weighted by atomic mass is 16.6. The van der Waals surface area contributed by atoms with E-state index in [1.807, 2.05) is 0 Å². The summed E-state index contributed by atoms with van der Waals surface area (Å²) in [6.45, 7) is 5.62. The normalized spacial score (nSPS) is 13.1. The largest absolute Gasteiger partial charge is 0.482 e. The zero-order valence-electron chi connectivity index (χ0n) is 9.40. The fourth-order valence-electron chi connectivity index (χ4n) is 1.92. The Bertz CT molecular complexity index is 693.